The average molecular weight is 499 g/mol. The number of methoxy groups -OCH3 is 1. The molecule has 0 saturated carbocycles. The Kier molecular flexibility index (Phi) is 7.62. The maximum Gasteiger partial charge on any atom is 0.282 e. The Bertz CT molecular complexity index is 1520. The number of nitrogens with zero attached hydrogens (tertiary/aromatic N) is 4. The van der Waals surface area contributed by atoms with Gasteiger partial charge >= 0.3 is 0 Å². The van der Waals surface area contributed by atoms with Crippen molar-refractivity contribution < 1.29 is 9.47 Å². The first-order chi connectivity index (χ1) is 17.7. The van der Waals surface area contributed by atoms with Gasteiger partial charge in [-0.15, -0.1) is 0 Å². The van der Waals surface area contributed by atoms with Crippen LogP contribution in [0.3, 0.4) is 0 Å². The lowest BCUT2D eigenvalue weighted by molar-refractivity contribution is 0.340. The van der Waals surface area contributed by atoms with Gasteiger partial charge in [0.25, 0.3) is 5.56 Å². The number of aromatic nitrogens is 2. The summed E-state index contributed by atoms with van der Waals surface area (Å²) in [5, 5.41) is 5.18. The molecule has 192 valence electrons. The standard InChI is InChI=1S/C30H34N4O3/c1-8-37-27-16-22(33(5)6)14-13-21(27)18-31-34-29(32-26-12-10-9-11-23(26)30(34)35)25-17-24(19(2)3)28(36-7)15-20(25)4/h9-19H,8H2,1-7H3. The van der Waals surface area contributed by atoms with Crippen LogP contribution in [-0.4, -0.2) is 43.7 Å². The van der Waals surface area contributed by atoms with Crippen LogP contribution >= 0.6 is 0 Å². The summed E-state index contributed by atoms with van der Waals surface area (Å²) in [6.07, 6.45) is 1.66. The van der Waals surface area contributed by atoms with Crippen LogP contribution in [0.2, 0.25) is 0 Å². The Balaban J connectivity index is 1.96. The Morgan fingerprint density at radius 1 is 1.08 bits per heavy atom. The maximum atomic E-state index is 13.7. The lowest BCUT2D eigenvalue weighted by Crippen LogP contribution is -2.21. The number of anilines is 1. The van der Waals surface area contributed by atoms with E-state index in [2.05, 4.69) is 25.0 Å². The highest BCUT2D eigenvalue weighted by atomic mass is 16.5. The highest BCUT2D eigenvalue weighted by Gasteiger charge is 2.18. The fourth-order valence-electron chi connectivity index (χ4n) is 4.28. The zero-order valence-corrected chi connectivity index (χ0v) is 22.6. The van der Waals surface area contributed by atoms with Crippen LogP contribution in [0.15, 0.2) is 64.5 Å². The van der Waals surface area contributed by atoms with E-state index in [0.717, 1.165) is 33.7 Å². The van der Waals surface area contributed by atoms with Crippen LogP contribution in [0.5, 0.6) is 11.5 Å². The number of ether oxygens (including phenoxy) is 2. The van der Waals surface area contributed by atoms with Crippen molar-refractivity contribution in [3.05, 3.63) is 81.6 Å². The normalized spacial score (nSPS) is 11.5. The molecule has 0 spiro atoms. The number of para-hydroxylation sites is 1. The van der Waals surface area contributed by atoms with Gasteiger partial charge in [-0.05, 0) is 67.3 Å². The molecule has 0 aliphatic carbocycles. The van der Waals surface area contributed by atoms with Gasteiger partial charge in [-0.25, -0.2) is 4.98 Å². The van der Waals surface area contributed by atoms with Gasteiger partial charge in [-0.2, -0.15) is 9.78 Å². The molecule has 7 nitrogen and oxygen atoms in total. The number of rotatable bonds is 8. The summed E-state index contributed by atoms with van der Waals surface area (Å²) in [4.78, 5) is 20.6. The van der Waals surface area contributed by atoms with Crippen LogP contribution in [0.4, 0.5) is 5.69 Å². The van der Waals surface area contributed by atoms with Gasteiger partial charge in [-0.3, -0.25) is 4.79 Å². The van der Waals surface area contributed by atoms with Crippen molar-refractivity contribution in [3.8, 4) is 22.9 Å². The molecule has 0 bridgehead atoms. The molecule has 37 heavy (non-hydrogen) atoms. The Morgan fingerprint density at radius 2 is 1.84 bits per heavy atom. The predicted octanol–water partition coefficient (Wildman–Crippen LogP) is 5.85. The third kappa shape index (κ3) is 5.21. The third-order valence-corrected chi connectivity index (χ3v) is 6.32. The van der Waals surface area contributed by atoms with Crippen molar-refractivity contribution in [1.29, 1.82) is 0 Å². The molecule has 0 aliphatic rings. The smallest absolute Gasteiger partial charge is 0.282 e. The summed E-state index contributed by atoms with van der Waals surface area (Å²) in [5.74, 6) is 2.22. The van der Waals surface area contributed by atoms with E-state index in [1.807, 2.05) is 75.3 Å². The minimum Gasteiger partial charge on any atom is -0.496 e. The molecular weight excluding hydrogens is 464 g/mol. The molecule has 0 saturated heterocycles. The summed E-state index contributed by atoms with van der Waals surface area (Å²) in [7, 11) is 5.63. The third-order valence-electron chi connectivity index (χ3n) is 6.32. The molecule has 0 fully saturated rings. The first-order valence-electron chi connectivity index (χ1n) is 12.4. The number of hydrogen-bond acceptors (Lipinski definition) is 6. The van der Waals surface area contributed by atoms with Crippen molar-refractivity contribution in [2.75, 3.05) is 32.7 Å². The van der Waals surface area contributed by atoms with E-state index in [4.69, 9.17) is 14.5 Å². The number of hydrogen-bond donors (Lipinski definition) is 0. The quantitative estimate of drug-likeness (QED) is 0.285. The zero-order valence-electron chi connectivity index (χ0n) is 22.6. The van der Waals surface area contributed by atoms with Crippen LogP contribution in [0.1, 0.15) is 43.4 Å². The van der Waals surface area contributed by atoms with Gasteiger partial charge in [0, 0.05) is 37.0 Å². The Labute approximate surface area is 218 Å². The van der Waals surface area contributed by atoms with Gasteiger partial charge in [-0.1, -0.05) is 26.0 Å². The minimum absolute atomic E-state index is 0.224. The minimum atomic E-state index is -0.235. The van der Waals surface area contributed by atoms with E-state index in [9.17, 15) is 4.79 Å². The molecule has 1 heterocycles. The summed E-state index contributed by atoms with van der Waals surface area (Å²) >= 11 is 0. The first-order valence-corrected chi connectivity index (χ1v) is 12.4. The van der Waals surface area contributed by atoms with Crippen molar-refractivity contribution in [2.24, 2.45) is 5.10 Å². The second kappa shape index (κ2) is 10.9. The van der Waals surface area contributed by atoms with E-state index in [1.165, 1.54) is 4.68 Å². The predicted molar refractivity (Wildman–Crippen MR) is 152 cm³/mol. The van der Waals surface area contributed by atoms with Gasteiger partial charge < -0.3 is 14.4 Å². The van der Waals surface area contributed by atoms with Gasteiger partial charge in [0.15, 0.2) is 5.82 Å². The van der Waals surface area contributed by atoms with E-state index < -0.39 is 0 Å². The molecule has 0 atom stereocenters. The van der Waals surface area contributed by atoms with Crippen LogP contribution in [0.25, 0.3) is 22.3 Å². The lowest BCUT2D eigenvalue weighted by atomic mass is 9.96. The van der Waals surface area contributed by atoms with E-state index in [0.29, 0.717) is 29.1 Å². The molecule has 4 aromatic rings. The number of benzene rings is 3. The van der Waals surface area contributed by atoms with Crippen LogP contribution in [0, 0.1) is 6.92 Å². The number of fused-ring (bicyclic) bond motifs is 1. The fourth-order valence-corrected chi connectivity index (χ4v) is 4.28. The van der Waals surface area contributed by atoms with E-state index in [1.54, 1.807) is 19.4 Å². The van der Waals surface area contributed by atoms with Crippen molar-refractivity contribution in [2.45, 2.75) is 33.6 Å². The van der Waals surface area contributed by atoms with E-state index in [-0.39, 0.29) is 11.5 Å². The van der Waals surface area contributed by atoms with Crippen LogP contribution in [-0.2, 0) is 0 Å². The van der Waals surface area contributed by atoms with Crippen molar-refractivity contribution >= 4 is 22.8 Å². The summed E-state index contributed by atoms with van der Waals surface area (Å²) in [6.45, 7) is 8.68. The first kappa shape index (κ1) is 25.9. The Morgan fingerprint density at radius 3 is 2.51 bits per heavy atom. The van der Waals surface area contributed by atoms with Crippen molar-refractivity contribution in [1.82, 2.24) is 9.66 Å². The Hall–Kier alpha value is -4.13. The number of aryl methyl sites for hydroxylation is 1. The van der Waals surface area contributed by atoms with Gasteiger partial charge in [0.1, 0.15) is 11.5 Å². The maximum absolute atomic E-state index is 13.7. The van der Waals surface area contributed by atoms with Crippen molar-refractivity contribution in [3.63, 3.8) is 0 Å². The lowest BCUT2D eigenvalue weighted by Gasteiger charge is -2.18. The highest BCUT2D eigenvalue weighted by Crippen LogP contribution is 2.34. The summed E-state index contributed by atoms with van der Waals surface area (Å²) < 4.78 is 12.9. The summed E-state index contributed by atoms with van der Waals surface area (Å²) in [6, 6.07) is 17.3. The molecule has 4 rings (SSSR count). The molecule has 0 radical (unpaired) electrons. The molecule has 7 heteroatoms. The zero-order chi connectivity index (χ0) is 26.7. The monoisotopic (exact) mass is 498 g/mol. The summed E-state index contributed by atoms with van der Waals surface area (Å²) in [5.41, 5.74) is 4.99. The molecule has 1 aromatic heterocycles. The molecule has 3 aromatic carbocycles. The fraction of sp³-hybridized carbons (Fsp3) is 0.300. The average Bonchev–Trinajstić information content (AvgIpc) is 2.88. The van der Waals surface area contributed by atoms with Crippen LogP contribution < -0.4 is 19.9 Å². The SMILES string of the molecule is CCOc1cc(N(C)C)ccc1C=Nn1c(-c2cc(C(C)C)c(OC)cc2C)nc2ccccc2c1=O. The molecule has 0 aliphatic heterocycles. The molecule has 0 amide bonds. The topological polar surface area (TPSA) is 68.9 Å². The van der Waals surface area contributed by atoms with Gasteiger partial charge in [0.2, 0.25) is 0 Å². The largest absolute Gasteiger partial charge is 0.496 e. The molecular formula is C30H34N4O3. The highest BCUT2D eigenvalue weighted by molar-refractivity contribution is 5.85. The van der Waals surface area contributed by atoms with Gasteiger partial charge in [0.05, 0.1) is 30.8 Å². The molecule has 0 N–H and O–H groups in total. The second-order valence-electron chi connectivity index (χ2n) is 9.43. The molecule has 0 unspecified atom stereocenters. The second-order valence-corrected chi connectivity index (χ2v) is 9.43. The van der Waals surface area contributed by atoms with E-state index >= 15 is 0 Å².